The number of likely N-dealkylation sites (N-methyl/N-ethyl adjacent to an activating group) is 1. The van der Waals surface area contributed by atoms with Crippen molar-refractivity contribution in [1.29, 1.82) is 0 Å². The zero-order valence-corrected chi connectivity index (χ0v) is 16.4. The molecule has 3 aromatic rings. The van der Waals surface area contributed by atoms with Crippen molar-refractivity contribution >= 4 is 44.6 Å². The number of nitrogens with one attached hydrogen (secondary N) is 2. The third-order valence-corrected chi connectivity index (χ3v) is 5.04. The second kappa shape index (κ2) is 8.13. The van der Waals surface area contributed by atoms with Crippen LogP contribution in [0.5, 0.6) is 0 Å². The summed E-state index contributed by atoms with van der Waals surface area (Å²) in [6.07, 6.45) is 4.74. The quantitative estimate of drug-likeness (QED) is 0.571. The minimum absolute atomic E-state index is 0.173. The largest absolute Gasteiger partial charge is 0.358 e. The van der Waals surface area contributed by atoms with Gasteiger partial charge < -0.3 is 16.4 Å². The Morgan fingerprint density at radius 2 is 2.00 bits per heavy atom. The third-order valence-electron chi connectivity index (χ3n) is 4.05. The standard InChI is InChI=1S/C17H20N8O2S/c1-4-25(16(18)27)17-23-12-5-11(10-6-20-8-21-7-10)13(24-15(12)28-17)22-9(2)14(26)19-3/h5-9H,4H2,1-3H3,(H2,18,27)(H,19,26)(H,22,24)/t9-/m0/s1. The topological polar surface area (TPSA) is 139 Å². The van der Waals surface area contributed by atoms with Gasteiger partial charge in [0.2, 0.25) is 5.91 Å². The molecule has 146 valence electrons. The highest BCUT2D eigenvalue weighted by atomic mass is 32.1. The number of nitrogens with zero attached hydrogens (tertiary/aromatic N) is 5. The van der Waals surface area contributed by atoms with Crippen molar-refractivity contribution in [1.82, 2.24) is 25.3 Å². The van der Waals surface area contributed by atoms with Gasteiger partial charge in [0.25, 0.3) is 0 Å². The van der Waals surface area contributed by atoms with Gasteiger partial charge in [-0.2, -0.15) is 0 Å². The van der Waals surface area contributed by atoms with Crippen LogP contribution in [0.1, 0.15) is 13.8 Å². The molecule has 0 bridgehead atoms. The number of fused-ring (bicyclic) bond motifs is 1. The number of carbonyl (C=O) groups is 2. The molecule has 0 aliphatic rings. The molecule has 28 heavy (non-hydrogen) atoms. The average molecular weight is 400 g/mol. The van der Waals surface area contributed by atoms with Crippen molar-refractivity contribution in [2.24, 2.45) is 5.73 Å². The number of carbonyl (C=O) groups excluding carboxylic acids is 2. The highest BCUT2D eigenvalue weighted by Gasteiger charge is 2.20. The molecule has 0 fully saturated rings. The summed E-state index contributed by atoms with van der Waals surface area (Å²) in [6, 6.07) is 0.739. The molecule has 3 amide bonds. The second-order valence-corrected chi connectivity index (χ2v) is 6.85. The number of hydrogen-bond acceptors (Lipinski definition) is 8. The summed E-state index contributed by atoms with van der Waals surface area (Å²) < 4.78 is 0. The molecule has 3 rings (SSSR count). The summed E-state index contributed by atoms with van der Waals surface area (Å²) in [5.41, 5.74) is 7.45. The summed E-state index contributed by atoms with van der Waals surface area (Å²) in [4.78, 5) is 42.8. The number of rotatable bonds is 6. The molecular weight excluding hydrogens is 380 g/mol. The van der Waals surface area contributed by atoms with Gasteiger partial charge in [0.1, 0.15) is 28.5 Å². The molecule has 3 heterocycles. The lowest BCUT2D eigenvalue weighted by atomic mass is 10.1. The third kappa shape index (κ3) is 3.83. The molecule has 0 aliphatic carbocycles. The van der Waals surface area contributed by atoms with E-state index >= 15 is 0 Å². The molecule has 0 saturated carbocycles. The van der Waals surface area contributed by atoms with Crippen LogP contribution in [-0.2, 0) is 4.79 Å². The fraction of sp³-hybridized carbons (Fsp3) is 0.294. The summed E-state index contributed by atoms with van der Waals surface area (Å²) >= 11 is 1.25. The molecule has 1 atom stereocenters. The summed E-state index contributed by atoms with van der Waals surface area (Å²) in [5.74, 6) is 0.323. The molecule has 0 aliphatic heterocycles. The average Bonchev–Trinajstić information content (AvgIpc) is 3.09. The van der Waals surface area contributed by atoms with Gasteiger partial charge in [0.05, 0.1) is 0 Å². The number of anilines is 2. The summed E-state index contributed by atoms with van der Waals surface area (Å²) in [7, 11) is 1.57. The van der Waals surface area contributed by atoms with E-state index in [0.29, 0.717) is 33.4 Å². The first-order valence-corrected chi connectivity index (χ1v) is 9.38. The Morgan fingerprint density at radius 3 is 2.61 bits per heavy atom. The van der Waals surface area contributed by atoms with Gasteiger partial charge >= 0.3 is 6.03 Å². The molecule has 0 radical (unpaired) electrons. The van der Waals surface area contributed by atoms with Crippen molar-refractivity contribution in [2.75, 3.05) is 23.8 Å². The lowest BCUT2D eigenvalue weighted by molar-refractivity contribution is -0.121. The molecule has 0 saturated heterocycles. The van der Waals surface area contributed by atoms with Gasteiger partial charge in [0, 0.05) is 37.1 Å². The number of amides is 3. The monoisotopic (exact) mass is 400 g/mol. The Hall–Kier alpha value is -3.34. The minimum atomic E-state index is -0.579. The summed E-state index contributed by atoms with van der Waals surface area (Å²) in [6.45, 7) is 3.95. The number of thiazole rings is 1. The Balaban J connectivity index is 2.12. The molecule has 3 aromatic heterocycles. The SMILES string of the molecule is CCN(C(N)=O)c1nc2cc(-c3cncnc3)c(N[C@@H](C)C(=O)NC)nc2s1. The first kappa shape index (κ1) is 19.4. The number of aromatic nitrogens is 4. The van der Waals surface area contributed by atoms with Crippen LogP contribution < -0.4 is 21.3 Å². The van der Waals surface area contributed by atoms with E-state index in [1.54, 1.807) is 26.4 Å². The predicted octanol–water partition coefficient (Wildman–Crippen LogP) is 1.60. The highest BCUT2D eigenvalue weighted by molar-refractivity contribution is 7.22. The number of nitrogens with two attached hydrogens (primary N) is 1. The van der Waals surface area contributed by atoms with Crippen molar-refractivity contribution in [3.05, 3.63) is 24.8 Å². The Labute approximate surface area is 165 Å². The van der Waals surface area contributed by atoms with E-state index in [0.717, 1.165) is 5.56 Å². The first-order chi connectivity index (χ1) is 13.4. The van der Waals surface area contributed by atoms with Crippen LogP contribution in [0.15, 0.2) is 24.8 Å². The maximum absolute atomic E-state index is 11.9. The summed E-state index contributed by atoms with van der Waals surface area (Å²) in [5, 5.41) is 6.18. The van der Waals surface area contributed by atoms with Crippen molar-refractivity contribution in [2.45, 2.75) is 19.9 Å². The Morgan fingerprint density at radius 1 is 1.29 bits per heavy atom. The van der Waals surface area contributed by atoms with Gasteiger partial charge in [-0.05, 0) is 19.9 Å². The van der Waals surface area contributed by atoms with Crippen LogP contribution in [0.2, 0.25) is 0 Å². The fourth-order valence-electron chi connectivity index (χ4n) is 2.61. The van der Waals surface area contributed by atoms with Crippen molar-refractivity contribution in [3.8, 4) is 11.1 Å². The lowest BCUT2D eigenvalue weighted by Crippen LogP contribution is -2.35. The second-order valence-electron chi connectivity index (χ2n) is 5.90. The fourth-order valence-corrected chi connectivity index (χ4v) is 3.60. The maximum atomic E-state index is 11.9. The van der Waals surface area contributed by atoms with Crippen molar-refractivity contribution in [3.63, 3.8) is 0 Å². The first-order valence-electron chi connectivity index (χ1n) is 8.56. The molecule has 11 heteroatoms. The Kier molecular flexibility index (Phi) is 5.64. The normalized spacial score (nSPS) is 11.8. The van der Waals surface area contributed by atoms with Crippen LogP contribution in [0.4, 0.5) is 15.7 Å². The van der Waals surface area contributed by atoms with Crippen LogP contribution >= 0.6 is 11.3 Å². The number of hydrogen-bond donors (Lipinski definition) is 3. The molecule has 10 nitrogen and oxygen atoms in total. The van der Waals surface area contributed by atoms with Crippen LogP contribution in [0.25, 0.3) is 21.5 Å². The minimum Gasteiger partial charge on any atom is -0.358 e. The molecule has 0 spiro atoms. The maximum Gasteiger partial charge on any atom is 0.321 e. The van der Waals surface area contributed by atoms with Gasteiger partial charge in [-0.3, -0.25) is 9.69 Å². The van der Waals surface area contributed by atoms with Crippen molar-refractivity contribution < 1.29 is 9.59 Å². The number of urea groups is 1. The van der Waals surface area contributed by atoms with E-state index in [2.05, 4.69) is 30.6 Å². The number of primary amides is 1. The number of pyridine rings is 1. The van der Waals surface area contributed by atoms with E-state index in [-0.39, 0.29) is 5.91 Å². The molecular formula is C17H20N8O2S. The van der Waals surface area contributed by atoms with Crippen LogP contribution in [-0.4, -0.2) is 51.5 Å². The smallest absolute Gasteiger partial charge is 0.321 e. The van der Waals surface area contributed by atoms with Gasteiger partial charge in [-0.15, -0.1) is 0 Å². The lowest BCUT2D eigenvalue weighted by Gasteiger charge is -2.16. The van der Waals surface area contributed by atoms with Gasteiger partial charge in [0.15, 0.2) is 5.13 Å². The molecule has 4 N–H and O–H groups in total. The Bertz CT molecular complexity index is 1010. The van der Waals surface area contributed by atoms with Gasteiger partial charge in [-0.25, -0.2) is 24.7 Å². The zero-order valence-electron chi connectivity index (χ0n) is 15.6. The zero-order chi connectivity index (χ0) is 20.3. The van der Waals surface area contributed by atoms with Crippen LogP contribution in [0, 0.1) is 0 Å². The van der Waals surface area contributed by atoms with E-state index in [1.807, 2.05) is 13.0 Å². The van der Waals surface area contributed by atoms with E-state index in [9.17, 15) is 9.59 Å². The van der Waals surface area contributed by atoms with E-state index in [4.69, 9.17) is 5.73 Å². The van der Waals surface area contributed by atoms with Gasteiger partial charge in [-0.1, -0.05) is 11.3 Å². The van der Waals surface area contributed by atoms with Crippen LogP contribution in [0.3, 0.4) is 0 Å². The van der Waals surface area contributed by atoms with E-state index < -0.39 is 12.1 Å². The molecule has 0 aromatic carbocycles. The predicted molar refractivity (Wildman–Crippen MR) is 108 cm³/mol. The highest BCUT2D eigenvalue weighted by Crippen LogP contribution is 2.34. The molecule has 0 unspecified atom stereocenters. The van der Waals surface area contributed by atoms with E-state index in [1.165, 1.54) is 22.6 Å².